The van der Waals surface area contributed by atoms with E-state index in [1.807, 2.05) is 6.07 Å². The van der Waals surface area contributed by atoms with Crippen LogP contribution in [0.5, 0.6) is 0 Å². The van der Waals surface area contributed by atoms with Crippen molar-refractivity contribution < 1.29 is 9.32 Å². The molecule has 1 saturated carbocycles. The number of carbonyl (C=O) groups is 1. The zero-order valence-corrected chi connectivity index (χ0v) is 12.8. The molecule has 0 saturated heterocycles. The lowest BCUT2D eigenvalue weighted by Crippen LogP contribution is -2.15. The quantitative estimate of drug-likeness (QED) is 0.804. The minimum atomic E-state index is -0.239. The van der Waals surface area contributed by atoms with Gasteiger partial charge in [-0.2, -0.15) is 0 Å². The summed E-state index contributed by atoms with van der Waals surface area (Å²) in [6.07, 6.45) is 7.85. The number of anilines is 1. The largest absolute Gasteiger partial charge is 0.359 e. The maximum absolute atomic E-state index is 12.3. The first-order valence-electron chi connectivity index (χ1n) is 7.72. The second kappa shape index (κ2) is 5.19. The molecule has 0 atom stereocenters. The van der Waals surface area contributed by atoms with Gasteiger partial charge >= 0.3 is 0 Å². The lowest BCUT2D eigenvalue weighted by atomic mass is 9.86. The molecule has 1 fully saturated rings. The number of hydrogen-bond donors (Lipinski definition) is 1. The minimum absolute atomic E-state index is 0.0391. The fourth-order valence-corrected chi connectivity index (χ4v) is 3.17. The summed E-state index contributed by atoms with van der Waals surface area (Å²) < 4.78 is 7.15. The highest BCUT2D eigenvalue weighted by Gasteiger charge is 2.34. The van der Waals surface area contributed by atoms with Crippen molar-refractivity contribution in [3.8, 4) is 0 Å². The normalized spacial score (nSPS) is 16.7. The Morgan fingerprint density at radius 3 is 3.00 bits per heavy atom. The van der Waals surface area contributed by atoms with E-state index < -0.39 is 0 Å². The second-order valence-corrected chi connectivity index (χ2v) is 6.31. The number of pyridine rings is 1. The first kappa shape index (κ1) is 13.9. The summed E-state index contributed by atoms with van der Waals surface area (Å²) in [4.78, 5) is 12.3. The monoisotopic (exact) mass is 311 g/mol. The Balaban J connectivity index is 1.53. The zero-order valence-electron chi connectivity index (χ0n) is 12.8. The van der Waals surface area contributed by atoms with Crippen LogP contribution < -0.4 is 5.32 Å². The van der Waals surface area contributed by atoms with E-state index in [0.717, 1.165) is 18.6 Å². The Kier molecular flexibility index (Phi) is 3.14. The molecule has 0 radical (unpaired) electrons. The second-order valence-electron chi connectivity index (χ2n) is 6.31. The topological polar surface area (TPSA) is 85.3 Å². The van der Waals surface area contributed by atoms with Crippen molar-refractivity contribution >= 4 is 17.4 Å². The first-order valence-corrected chi connectivity index (χ1v) is 7.72. The predicted molar refractivity (Wildman–Crippen MR) is 83.3 cm³/mol. The molecular formula is C16H17N5O2. The van der Waals surface area contributed by atoms with Gasteiger partial charge in [-0.3, -0.25) is 9.20 Å². The molecule has 23 heavy (non-hydrogen) atoms. The number of fused-ring (bicyclic) bond motifs is 1. The molecule has 1 N–H and O–H groups in total. The average Bonchev–Trinajstić information content (AvgIpc) is 3.26. The van der Waals surface area contributed by atoms with E-state index in [1.165, 1.54) is 12.8 Å². The van der Waals surface area contributed by atoms with Crippen LogP contribution in [0.4, 0.5) is 5.82 Å². The van der Waals surface area contributed by atoms with E-state index in [0.29, 0.717) is 17.0 Å². The van der Waals surface area contributed by atoms with Gasteiger partial charge in [0, 0.05) is 17.7 Å². The van der Waals surface area contributed by atoms with Gasteiger partial charge in [0.1, 0.15) is 12.1 Å². The third-order valence-electron chi connectivity index (χ3n) is 4.61. The standard InChI is InChI=1S/C16H17N5O2/c1-16(6-2-3-7-16)12-8-13(20-23-12)18-15(22)11-4-5-14-19-17-10-21(14)9-11/h4-5,8-10H,2-3,6-7H2,1H3,(H,18,20,22). The van der Waals surface area contributed by atoms with Gasteiger partial charge in [0.05, 0.1) is 5.56 Å². The lowest BCUT2D eigenvalue weighted by molar-refractivity contribution is 0.102. The maximum atomic E-state index is 12.3. The van der Waals surface area contributed by atoms with Crippen LogP contribution in [0.2, 0.25) is 0 Å². The number of amides is 1. The Hall–Kier alpha value is -2.70. The fourth-order valence-electron chi connectivity index (χ4n) is 3.17. The van der Waals surface area contributed by atoms with Crippen LogP contribution in [-0.4, -0.2) is 25.7 Å². The highest BCUT2D eigenvalue weighted by Crippen LogP contribution is 2.41. The van der Waals surface area contributed by atoms with E-state index >= 15 is 0 Å². The van der Waals surface area contributed by atoms with Gasteiger partial charge in [-0.1, -0.05) is 24.9 Å². The molecule has 0 unspecified atom stereocenters. The number of rotatable bonds is 3. The molecular weight excluding hydrogens is 294 g/mol. The van der Waals surface area contributed by atoms with Crippen molar-refractivity contribution in [2.75, 3.05) is 5.32 Å². The maximum Gasteiger partial charge on any atom is 0.258 e. The van der Waals surface area contributed by atoms with Crippen LogP contribution in [0.3, 0.4) is 0 Å². The van der Waals surface area contributed by atoms with Crippen LogP contribution in [0.15, 0.2) is 35.2 Å². The van der Waals surface area contributed by atoms with Crippen LogP contribution in [0, 0.1) is 0 Å². The molecule has 7 nitrogen and oxygen atoms in total. The molecule has 1 aliphatic rings. The van der Waals surface area contributed by atoms with E-state index in [4.69, 9.17) is 4.52 Å². The summed E-state index contributed by atoms with van der Waals surface area (Å²) in [5, 5.41) is 14.5. The Bertz CT molecular complexity index is 860. The molecule has 0 aliphatic heterocycles. The summed E-state index contributed by atoms with van der Waals surface area (Å²) in [6, 6.07) is 5.29. The van der Waals surface area contributed by atoms with E-state index in [1.54, 1.807) is 29.1 Å². The van der Waals surface area contributed by atoms with Crippen molar-refractivity contribution in [2.45, 2.75) is 38.0 Å². The highest BCUT2D eigenvalue weighted by atomic mass is 16.5. The first-order chi connectivity index (χ1) is 11.1. The third-order valence-corrected chi connectivity index (χ3v) is 4.61. The van der Waals surface area contributed by atoms with Crippen LogP contribution in [0.25, 0.3) is 5.65 Å². The summed E-state index contributed by atoms with van der Waals surface area (Å²) in [6.45, 7) is 2.19. The SMILES string of the molecule is CC1(c2cc(NC(=O)c3ccc4nncn4c3)no2)CCCC1. The van der Waals surface area contributed by atoms with E-state index in [2.05, 4.69) is 27.6 Å². The van der Waals surface area contributed by atoms with Crippen molar-refractivity contribution in [3.63, 3.8) is 0 Å². The van der Waals surface area contributed by atoms with Crippen LogP contribution >= 0.6 is 0 Å². The molecule has 7 heteroatoms. The fraction of sp³-hybridized carbons (Fsp3) is 0.375. The summed E-state index contributed by atoms with van der Waals surface area (Å²) in [5.41, 5.74) is 1.24. The van der Waals surface area contributed by atoms with Crippen molar-refractivity contribution in [2.24, 2.45) is 0 Å². The Labute approximate surface area is 132 Å². The van der Waals surface area contributed by atoms with Gasteiger partial charge in [0.15, 0.2) is 11.5 Å². The molecule has 3 aromatic rings. The molecule has 3 heterocycles. The summed E-state index contributed by atoms with van der Waals surface area (Å²) in [5.74, 6) is 1.05. The number of nitrogens with one attached hydrogen (secondary N) is 1. The number of hydrogen-bond acceptors (Lipinski definition) is 5. The van der Waals surface area contributed by atoms with Crippen LogP contribution in [-0.2, 0) is 5.41 Å². The van der Waals surface area contributed by atoms with Gasteiger partial charge in [0.2, 0.25) is 0 Å². The van der Waals surface area contributed by atoms with Crippen molar-refractivity contribution in [1.82, 2.24) is 19.8 Å². The molecule has 0 spiro atoms. The van der Waals surface area contributed by atoms with Gasteiger partial charge in [-0.05, 0) is 25.0 Å². The number of carbonyl (C=O) groups excluding carboxylic acids is 1. The molecule has 1 amide bonds. The van der Waals surface area contributed by atoms with Crippen molar-refractivity contribution in [3.05, 3.63) is 42.0 Å². The number of nitrogens with zero attached hydrogens (tertiary/aromatic N) is 4. The van der Waals surface area contributed by atoms with Crippen molar-refractivity contribution in [1.29, 1.82) is 0 Å². The van der Waals surface area contributed by atoms with E-state index in [9.17, 15) is 4.79 Å². The molecule has 118 valence electrons. The van der Waals surface area contributed by atoms with Gasteiger partial charge in [-0.15, -0.1) is 10.2 Å². The Morgan fingerprint density at radius 2 is 2.17 bits per heavy atom. The van der Waals surface area contributed by atoms with Gasteiger partial charge in [0.25, 0.3) is 5.91 Å². The summed E-state index contributed by atoms with van der Waals surface area (Å²) >= 11 is 0. The highest BCUT2D eigenvalue weighted by molar-refractivity contribution is 6.03. The summed E-state index contributed by atoms with van der Waals surface area (Å²) in [7, 11) is 0. The zero-order chi connectivity index (χ0) is 15.9. The minimum Gasteiger partial charge on any atom is -0.359 e. The third kappa shape index (κ3) is 2.48. The molecule has 4 rings (SSSR count). The smallest absolute Gasteiger partial charge is 0.258 e. The van der Waals surface area contributed by atoms with Crippen LogP contribution in [0.1, 0.15) is 48.7 Å². The molecule has 1 aliphatic carbocycles. The van der Waals surface area contributed by atoms with Gasteiger partial charge < -0.3 is 9.84 Å². The molecule has 0 aromatic carbocycles. The average molecular weight is 311 g/mol. The molecule has 0 bridgehead atoms. The van der Waals surface area contributed by atoms with Gasteiger partial charge in [-0.25, -0.2) is 0 Å². The molecule has 3 aromatic heterocycles. The predicted octanol–water partition coefficient (Wildman–Crippen LogP) is 2.80. The number of aromatic nitrogens is 4. The Morgan fingerprint density at radius 1 is 1.35 bits per heavy atom. The lowest BCUT2D eigenvalue weighted by Gasteiger charge is -2.18. The van der Waals surface area contributed by atoms with E-state index in [-0.39, 0.29) is 11.3 Å².